The summed E-state index contributed by atoms with van der Waals surface area (Å²) < 4.78 is 14.0. The zero-order chi connectivity index (χ0) is 13.7. The standard InChI is InChI=1S/C14H15BrFNS2/c1-17-11(8-13-6-7-14(15)19-13)9-18-12-4-2-10(16)3-5-12/h2-7,11,17H,8-9H2,1H3. The maximum atomic E-state index is 12.8. The van der Waals surface area contributed by atoms with Gasteiger partial charge in [-0.05, 0) is 65.8 Å². The molecule has 0 amide bonds. The van der Waals surface area contributed by atoms with E-state index in [4.69, 9.17) is 0 Å². The van der Waals surface area contributed by atoms with Crippen LogP contribution in [-0.2, 0) is 6.42 Å². The van der Waals surface area contributed by atoms with Crippen molar-refractivity contribution in [1.29, 1.82) is 0 Å². The third-order valence-electron chi connectivity index (χ3n) is 2.75. The average molecular weight is 360 g/mol. The highest BCUT2D eigenvalue weighted by Crippen LogP contribution is 2.25. The van der Waals surface area contributed by atoms with E-state index in [1.54, 1.807) is 23.1 Å². The van der Waals surface area contributed by atoms with Gasteiger partial charge in [-0.3, -0.25) is 0 Å². The Kier molecular flexibility index (Phi) is 5.88. The minimum Gasteiger partial charge on any atom is -0.316 e. The molecular weight excluding hydrogens is 345 g/mol. The van der Waals surface area contributed by atoms with Crippen LogP contribution in [0, 0.1) is 5.82 Å². The lowest BCUT2D eigenvalue weighted by atomic mass is 10.2. The van der Waals surface area contributed by atoms with Gasteiger partial charge in [-0.25, -0.2) is 4.39 Å². The lowest BCUT2D eigenvalue weighted by Crippen LogP contribution is -2.29. The molecule has 0 radical (unpaired) electrons. The molecule has 0 aliphatic carbocycles. The normalized spacial score (nSPS) is 12.6. The lowest BCUT2D eigenvalue weighted by molar-refractivity contribution is 0.621. The molecule has 0 saturated heterocycles. The first kappa shape index (κ1) is 15.0. The third kappa shape index (κ3) is 4.91. The van der Waals surface area contributed by atoms with Crippen LogP contribution in [0.3, 0.4) is 0 Å². The van der Waals surface area contributed by atoms with E-state index in [0.717, 1.165) is 17.1 Å². The number of likely N-dealkylation sites (N-methyl/N-ethyl adjacent to an activating group) is 1. The molecule has 2 aromatic rings. The summed E-state index contributed by atoms with van der Waals surface area (Å²) in [6, 6.07) is 11.3. The van der Waals surface area contributed by atoms with Gasteiger partial charge in [-0.1, -0.05) is 0 Å². The number of hydrogen-bond donors (Lipinski definition) is 1. The molecule has 2 rings (SSSR count). The molecule has 1 aromatic carbocycles. The molecule has 1 unspecified atom stereocenters. The van der Waals surface area contributed by atoms with Crippen molar-refractivity contribution >= 4 is 39.0 Å². The number of thiophene rings is 1. The maximum absolute atomic E-state index is 12.8. The summed E-state index contributed by atoms with van der Waals surface area (Å²) in [7, 11) is 1.98. The average Bonchev–Trinajstić information content (AvgIpc) is 2.82. The van der Waals surface area contributed by atoms with Gasteiger partial charge < -0.3 is 5.32 Å². The zero-order valence-corrected chi connectivity index (χ0v) is 13.7. The van der Waals surface area contributed by atoms with Gasteiger partial charge in [0.1, 0.15) is 5.82 Å². The van der Waals surface area contributed by atoms with Crippen LogP contribution in [0.15, 0.2) is 45.1 Å². The van der Waals surface area contributed by atoms with Gasteiger partial charge in [0.25, 0.3) is 0 Å². The molecule has 102 valence electrons. The Morgan fingerprint density at radius 2 is 2.00 bits per heavy atom. The van der Waals surface area contributed by atoms with E-state index in [9.17, 15) is 4.39 Å². The Balaban J connectivity index is 1.87. The molecular formula is C14H15BrFNS2. The van der Waals surface area contributed by atoms with E-state index in [1.165, 1.54) is 20.8 Å². The Labute approximate surface area is 129 Å². The SMILES string of the molecule is CNC(CSc1ccc(F)cc1)Cc1ccc(Br)s1. The summed E-state index contributed by atoms with van der Waals surface area (Å²) in [6.07, 6.45) is 1.01. The van der Waals surface area contributed by atoms with Gasteiger partial charge in [0.15, 0.2) is 0 Å². The number of halogens is 2. The van der Waals surface area contributed by atoms with Gasteiger partial charge in [-0.15, -0.1) is 23.1 Å². The lowest BCUT2D eigenvalue weighted by Gasteiger charge is -2.14. The van der Waals surface area contributed by atoms with Crippen molar-refractivity contribution in [2.45, 2.75) is 17.4 Å². The minimum atomic E-state index is -0.182. The van der Waals surface area contributed by atoms with E-state index in [1.807, 2.05) is 19.2 Å². The largest absolute Gasteiger partial charge is 0.316 e. The van der Waals surface area contributed by atoms with Crippen molar-refractivity contribution in [2.24, 2.45) is 0 Å². The first-order valence-corrected chi connectivity index (χ1v) is 8.56. The fourth-order valence-electron chi connectivity index (χ4n) is 1.68. The second-order valence-corrected chi connectivity index (χ2v) is 7.80. The number of benzene rings is 1. The van der Waals surface area contributed by atoms with Crippen LogP contribution < -0.4 is 5.32 Å². The van der Waals surface area contributed by atoms with Crippen molar-refractivity contribution < 1.29 is 4.39 Å². The highest BCUT2D eigenvalue weighted by atomic mass is 79.9. The molecule has 0 spiro atoms. The third-order valence-corrected chi connectivity index (χ3v) is 5.57. The Morgan fingerprint density at radius 3 is 2.58 bits per heavy atom. The number of nitrogens with one attached hydrogen (secondary N) is 1. The molecule has 19 heavy (non-hydrogen) atoms. The van der Waals surface area contributed by atoms with Gasteiger partial charge in [0.2, 0.25) is 0 Å². The molecule has 1 heterocycles. The Morgan fingerprint density at radius 1 is 1.26 bits per heavy atom. The zero-order valence-electron chi connectivity index (χ0n) is 10.5. The highest BCUT2D eigenvalue weighted by Gasteiger charge is 2.09. The molecule has 5 heteroatoms. The first-order chi connectivity index (χ1) is 9.17. The smallest absolute Gasteiger partial charge is 0.123 e. The van der Waals surface area contributed by atoms with Crippen LogP contribution in [0.2, 0.25) is 0 Å². The van der Waals surface area contributed by atoms with Crippen LogP contribution in [0.1, 0.15) is 4.88 Å². The van der Waals surface area contributed by atoms with E-state index in [0.29, 0.717) is 6.04 Å². The molecule has 1 atom stereocenters. The summed E-state index contributed by atoms with van der Waals surface area (Å²) in [5, 5.41) is 3.34. The van der Waals surface area contributed by atoms with Crippen molar-refractivity contribution in [3.8, 4) is 0 Å². The monoisotopic (exact) mass is 359 g/mol. The van der Waals surface area contributed by atoms with Crippen molar-refractivity contribution in [1.82, 2.24) is 5.32 Å². The maximum Gasteiger partial charge on any atom is 0.123 e. The van der Waals surface area contributed by atoms with Crippen LogP contribution in [-0.4, -0.2) is 18.8 Å². The van der Waals surface area contributed by atoms with Crippen LogP contribution >= 0.6 is 39.0 Å². The highest BCUT2D eigenvalue weighted by molar-refractivity contribution is 9.11. The molecule has 0 saturated carbocycles. The quantitative estimate of drug-likeness (QED) is 0.758. The molecule has 1 aromatic heterocycles. The summed E-state index contributed by atoms with van der Waals surface area (Å²) in [4.78, 5) is 2.47. The number of hydrogen-bond acceptors (Lipinski definition) is 3. The van der Waals surface area contributed by atoms with Crippen molar-refractivity contribution in [3.63, 3.8) is 0 Å². The van der Waals surface area contributed by atoms with E-state index >= 15 is 0 Å². The summed E-state index contributed by atoms with van der Waals surface area (Å²) in [5.41, 5.74) is 0. The van der Waals surface area contributed by atoms with E-state index < -0.39 is 0 Å². The van der Waals surface area contributed by atoms with Crippen molar-refractivity contribution in [2.75, 3.05) is 12.8 Å². The fourth-order valence-corrected chi connectivity index (χ4v) is 4.25. The predicted octanol–water partition coefficient (Wildman–Crippen LogP) is 4.57. The molecule has 1 nitrogen and oxygen atoms in total. The fraction of sp³-hybridized carbons (Fsp3) is 0.286. The number of rotatable bonds is 6. The van der Waals surface area contributed by atoms with Gasteiger partial charge in [-0.2, -0.15) is 0 Å². The van der Waals surface area contributed by atoms with Gasteiger partial charge in [0.05, 0.1) is 3.79 Å². The second kappa shape index (κ2) is 7.43. The molecule has 0 aliphatic heterocycles. The van der Waals surface area contributed by atoms with Crippen LogP contribution in [0.5, 0.6) is 0 Å². The topological polar surface area (TPSA) is 12.0 Å². The van der Waals surface area contributed by atoms with E-state index in [-0.39, 0.29) is 5.82 Å². The number of thioether (sulfide) groups is 1. The summed E-state index contributed by atoms with van der Waals surface area (Å²) in [6.45, 7) is 0. The van der Waals surface area contributed by atoms with Crippen molar-refractivity contribution in [3.05, 3.63) is 50.9 Å². The predicted molar refractivity (Wildman–Crippen MR) is 85.7 cm³/mol. The molecule has 0 bridgehead atoms. The molecule has 0 fully saturated rings. The van der Waals surface area contributed by atoms with Crippen LogP contribution in [0.25, 0.3) is 0 Å². The Hall–Kier alpha value is -0.360. The van der Waals surface area contributed by atoms with Gasteiger partial charge in [0, 0.05) is 21.6 Å². The summed E-state index contributed by atoms with van der Waals surface area (Å²) in [5.74, 6) is 0.787. The molecule has 0 aliphatic rings. The Bertz CT molecular complexity index is 512. The summed E-state index contributed by atoms with van der Waals surface area (Å²) >= 11 is 7.01. The minimum absolute atomic E-state index is 0.182. The van der Waals surface area contributed by atoms with Gasteiger partial charge >= 0.3 is 0 Å². The molecule has 1 N–H and O–H groups in total. The van der Waals surface area contributed by atoms with Crippen LogP contribution in [0.4, 0.5) is 4.39 Å². The van der Waals surface area contributed by atoms with E-state index in [2.05, 4.69) is 33.4 Å². The second-order valence-electron chi connectivity index (χ2n) is 4.16. The first-order valence-electron chi connectivity index (χ1n) is 5.97.